The molecule has 0 bridgehead atoms. The van der Waals surface area contributed by atoms with Gasteiger partial charge in [-0.2, -0.15) is 0 Å². The van der Waals surface area contributed by atoms with Crippen LogP contribution < -0.4 is 0 Å². The summed E-state index contributed by atoms with van der Waals surface area (Å²) in [5.74, 6) is -0.116. The highest BCUT2D eigenvalue weighted by Gasteiger charge is 1.93. The highest BCUT2D eigenvalue weighted by molar-refractivity contribution is 5.21. The van der Waals surface area contributed by atoms with Crippen molar-refractivity contribution in [3.63, 3.8) is 0 Å². The number of halogens is 1. The number of benzene rings is 1. The molecule has 0 atom stereocenters. The van der Waals surface area contributed by atoms with Gasteiger partial charge in [0.15, 0.2) is 0 Å². The Labute approximate surface area is 69.1 Å². The van der Waals surface area contributed by atoms with Crippen LogP contribution in [-0.2, 0) is 0 Å². The third-order valence-electron chi connectivity index (χ3n) is 1.33. The first-order valence-electron chi connectivity index (χ1n) is 2.93. The Morgan fingerprint density at radius 3 is 2.00 bits per heavy atom. The highest BCUT2D eigenvalue weighted by Crippen LogP contribution is 2.06. The second kappa shape index (κ2) is 4.89. The molecule has 0 aromatic heterocycles. The molecule has 1 aromatic rings. The van der Waals surface area contributed by atoms with Gasteiger partial charge in [0.25, 0.3) is 0 Å². The van der Waals surface area contributed by atoms with Gasteiger partial charge in [-0.15, -0.1) is 0 Å². The molecule has 0 radical (unpaired) electrons. The molecule has 0 aliphatic carbocycles. The van der Waals surface area contributed by atoms with Crippen LogP contribution in [0.5, 0.6) is 0 Å². The Morgan fingerprint density at radius 2 is 1.64 bits per heavy atom. The molecule has 0 aliphatic rings. The Bertz CT molecular complexity index is 216. The van der Waals surface area contributed by atoms with E-state index in [0.717, 1.165) is 5.56 Å². The molecule has 0 aliphatic heterocycles. The summed E-state index contributed by atoms with van der Waals surface area (Å²) in [5.41, 5.74) is 1.68. The Kier molecular flexibility index (Phi) is 5.69. The van der Waals surface area contributed by atoms with Gasteiger partial charge in [0.05, 0.1) is 0 Å². The summed E-state index contributed by atoms with van der Waals surface area (Å²) < 4.78 is 12.6. The minimum Gasteiger partial charge on any atom is -0.207 e. The summed E-state index contributed by atoms with van der Waals surface area (Å²) in [6.45, 7) is 3.64. The lowest BCUT2D eigenvalue weighted by atomic mass is 10.2. The normalized spacial score (nSPS) is 7.91. The van der Waals surface area contributed by atoms with Crippen molar-refractivity contribution in [1.82, 2.24) is 0 Å². The molecule has 0 spiro atoms. The lowest BCUT2D eigenvalue weighted by molar-refractivity contribution is 0.617. The number of hydrogen-bond acceptors (Lipinski definition) is 0. The molecule has 0 fully saturated rings. The zero-order valence-electron chi connectivity index (χ0n) is 5.61. The molecule has 0 heterocycles. The average molecular weight is 156 g/mol. The Balaban J connectivity index is 0. The lowest BCUT2D eigenvalue weighted by Gasteiger charge is -1.94. The van der Waals surface area contributed by atoms with Gasteiger partial charge in [-0.1, -0.05) is 27.0 Å². The van der Waals surface area contributed by atoms with Crippen molar-refractivity contribution in [3.8, 4) is 0 Å². The fourth-order valence-corrected chi connectivity index (χ4v) is 0.698. The van der Waals surface area contributed by atoms with E-state index in [2.05, 4.69) is 0 Å². The minimum absolute atomic E-state index is 0. The van der Waals surface area contributed by atoms with E-state index in [9.17, 15) is 4.39 Å². The molecule has 11 heavy (non-hydrogen) atoms. The van der Waals surface area contributed by atoms with Crippen LogP contribution >= 0.6 is 0 Å². The molecule has 0 N–H and O–H groups in total. The first-order valence-corrected chi connectivity index (χ1v) is 2.93. The van der Waals surface area contributed by atoms with E-state index in [4.69, 9.17) is 0 Å². The van der Waals surface area contributed by atoms with Crippen molar-refractivity contribution >= 4 is 0 Å². The number of hydrogen-bond donors (Lipinski definition) is 0. The summed E-state index contributed by atoms with van der Waals surface area (Å²) in [7, 11) is 0. The van der Waals surface area contributed by atoms with Gasteiger partial charge in [0.1, 0.15) is 5.82 Å². The molecule has 0 saturated carbocycles. The first kappa shape index (κ1) is 12.8. The van der Waals surface area contributed by atoms with E-state index in [1.807, 2.05) is 13.0 Å². The van der Waals surface area contributed by atoms with Crippen LogP contribution in [0, 0.1) is 19.7 Å². The van der Waals surface area contributed by atoms with Crippen LogP contribution in [0.15, 0.2) is 18.2 Å². The van der Waals surface area contributed by atoms with Gasteiger partial charge in [0, 0.05) is 0 Å². The van der Waals surface area contributed by atoms with Gasteiger partial charge in [-0.05, 0) is 31.0 Å². The van der Waals surface area contributed by atoms with Crippen molar-refractivity contribution in [2.45, 2.75) is 28.7 Å². The summed E-state index contributed by atoms with van der Waals surface area (Å²) in [4.78, 5) is 0. The van der Waals surface area contributed by atoms with E-state index in [0.29, 0.717) is 5.56 Å². The van der Waals surface area contributed by atoms with E-state index >= 15 is 0 Å². The summed E-state index contributed by atoms with van der Waals surface area (Å²) >= 11 is 0. The first-order chi connectivity index (χ1) is 4.20. The maximum atomic E-state index is 12.6. The van der Waals surface area contributed by atoms with Crippen LogP contribution in [0.4, 0.5) is 4.39 Å². The largest absolute Gasteiger partial charge is 0.207 e. The highest BCUT2D eigenvalue weighted by atomic mass is 19.1. The molecule has 1 aromatic carbocycles. The maximum absolute atomic E-state index is 12.6. The molecular weight excluding hydrogens is 139 g/mol. The fourth-order valence-electron chi connectivity index (χ4n) is 0.698. The minimum atomic E-state index is -0.116. The van der Waals surface area contributed by atoms with Crippen molar-refractivity contribution in [2.75, 3.05) is 0 Å². The third kappa shape index (κ3) is 3.17. The van der Waals surface area contributed by atoms with E-state index in [1.54, 1.807) is 13.0 Å². The van der Waals surface area contributed by atoms with Gasteiger partial charge in [0.2, 0.25) is 0 Å². The SMILES string of the molecule is C.C.Cc1ccc(C)c(F)c1. The molecular formula is C10H17F. The summed E-state index contributed by atoms with van der Waals surface area (Å²) in [5, 5.41) is 0. The van der Waals surface area contributed by atoms with Crippen molar-refractivity contribution in [1.29, 1.82) is 0 Å². The van der Waals surface area contributed by atoms with E-state index in [1.165, 1.54) is 6.07 Å². The van der Waals surface area contributed by atoms with Crippen molar-refractivity contribution < 1.29 is 4.39 Å². The monoisotopic (exact) mass is 156 g/mol. The van der Waals surface area contributed by atoms with Gasteiger partial charge < -0.3 is 0 Å². The van der Waals surface area contributed by atoms with E-state index in [-0.39, 0.29) is 20.7 Å². The average Bonchev–Trinajstić information content (AvgIpc) is 1.80. The van der Waals surface area contributed by atoms with Gasteiger partial charge in [-0.25, -0.2) is 4.39 Å². The smallest absolute Gasteiger partial charge is 0.126 e. The molecule has 64 valence electrons. The van der Waals surface area contributed by atoms with Gasteiger partial charge in [-0.3, -0.25) is 0 Å². The lowest BCUT2D eigenvalue weighted by Crippen LogP contribution is -1.81. The fraction of sp³-hybridized carbons (Fsp3) is 0.400. The number of aryl methyl sites for hydroxylation is 2. The topological polar surface area (TPSA) is 0 Å². The van der Waals surface area contributed by atoms with Crippen LogP contribution in [0.3, 0.4) is 0 Å². The maximum Gasteiger partial charge on any atom is 0.126 e. The molecule has 0 unspecified atom stereocenters. The molecule has 0 nitrogen and oxygen atoms in total. The van der Waals surface area contributed by atoms with Crippen LogP contribution in [-0.4, -0.2) is 0 Å². The van der Waals surface area contributed by atoms with Crippen LogP contribution in [0.2, 0.25) is 0 Å². The Morgan fingerprint density at radius 1 is 1.09 bits per heavy atom. The van der Waals surface area contributed by atoms with Crippen LogP contribution in [0.1, 0.15) is 26.0 Å². The number of rotatable bonds is 0. The predicted octanol–water partition coefficient (Wildman–Crippen LogP) is 3.71. The zero-order chi connectivity index (χ0) is 6.85. The summed E-state index contributed by atoms with van der Waals surface area (Å²) in [6.07, 6.45) is 0. The quantitative estimate of drug-likeness (QED) is 0.537. The van der Waals surface area contributed by atoms with Crippen molar-refractivity contribution in [3.05, 3.63) is 35.1 Å². The second-order valence-corrected chi connectivity index (χ2v) is 2.25. The molecule has 1 rings (SSSR count). The molecule has 0 saturated heterocycles. The van der Waals surface area contributed by atoms with Crippen LogP contribution in [0.25, 0.3) is 0 Å². The molecule has 0 amide bonds. The standard InChI is InChI=1S/C8H9F.2CH4/c1-6-3-4-7(2)8(9)5-6;;/h3-5H,1-2H3;2*1H4. The molecule has 1 heteroatoms. The zero-order valence-corrected chi connectivity index (χ0v) is 5.61. The Hall–Kier alpha value is -0.850. The summed E-state index contributed by atoms with van der Waals surface area (Å²) in [6, 6.07) is 5.22. The second-order valence-electron chi connectivity index (χ2n) is 2.25. The third-order valence-corrected chi connectivity index (χ3v) is 1.33. The van der Waals surface area contributed by atoms with E-state index < -0.39 is 0 Å². The predicted molar refractivity (Wildman–Crippen MR) is 49.3 cm³/mol. The van der Waals surface area contributed by atoms with Crippen molar-refractivity contribution in [2.24, 2.45) is 0 Å². The van der Waals surface area contributed by atoms with Gasteiger partial charge >= 0.3 is 0 Å².